The summed E-state index contributed by atoms with van der Waals surface area (Å²) in [6, 6.07) is 9.40. The number of Topliss-reactive ketones (excluding diaryl/α,β-unsaturated/α-hetero) is 1. The summed E-state index contributed by atoms with van der Waals surface area (Å²) in [4.78, 5) is 25.7. The fourth-order valence-electron chi connectivity index (χ4n) is 3.39. The molecule has 2 heterocycles. The Labute approximate surface area is 171 Å². The van der Waals surface area contributed by atoms with Gasteiger partial charge in [0, 0.05) is 42.1 Å². The molecule has 2 aromatic rings. The van der Waals surface area contributed by atoms with Gasteiger partial charge in [-0.3, -0.25) is 9.59 Å². The number of nitrogens with zero attached hydrogens (tertiary/aromatic N) is 2. The van der Waals surface area contributed by atoms with Crippen molar-refractivity contribution in [1.29, 1.82) is 5.26 Å². The van der Waals surface area contributed by atoms with Gasteiger partial charge in [0.15, 0.2) is 5.78 Å². The maximum Gasteiger partial charge on any atom is 0.256 e. The van der Waals surface area contributed by atoms with Crippen LogP contribution in [0.3, 0.4) is 0 Å². The number of halogens is 2. The van der Waals surface area contributed by atoms with Crippen molar-refractivity contribution in [1.82, 2.24) is 4.90 Å². The first-order valence-electron chi connectivity index (χ1n) is 9.03. The molecule has 0 spiro atoms. The lowest BCUT2D eigenvalue weighted by molar-refractivity contribution is -0.121. The first-order valence-corrected chi connectivity index (χ1v) is 9.41. The van der Waals surface area contributed by atoms with E-state index in [0.717, 1.165) is 0 Å². The number of hydrogen-bond acceptors (Lipinski definition) is 5. The highest BCUT2D eigenvalue weighted by Crippen LogP contribution is 2.29. The van der Waals surface area contributed by atoms with Crippen LogP contribution in [0.1, 0.15) is 21.5 Å². The minimum absolute atomic E-state index is 0.0640. The zero-order valence-corrected chi connectivity index (χ0v) is 16.0. The van der Waals surface area contributed by atoms with Gasteiger partial charge in [0.05, 0.1) is 17.7 Å². The highest BCUT2D eigenvalue weighted by Gasteiger charge is 2.34. The lowest BCUT2D eigenvalue weighted by Gasteiger charge is -2.39. The normalized spacial score (nSPS) is 15.8. The summed E-state index contributed by atoms with van der Waals surface area (Å²) in [6.07, 6.45) is 0.134. The minimum atomic E-state index is -0.664. The number of rotatable bonds is 4. The second-order valence-corrected chi connectivity index (χ2v) is 7.52. The summed E-state index contributed by atoms with van der Waals surface area (Å²) in [5.74, 6) is -0.377. The molecule has 6 nitrogen and oxygen atoms in total. The predicted octanol–water partition coefficient (Wildman–Crippen LogP) is 3.01. The molecule has 1 amide bonds. The number of carbonyl (C=O) groups is 2. The molecular weight excluding hydrogens is 399 g/mol. The summed E-state index contributed by atoms with van der Waals surface area (Å²) >= 11 is 5.87. The Morgan fingerprint density at radius 1 is 1.34 bits per heavy atom. The van der Waals surface area contributed by atoms with Crippen molar-refractivity contribution in [3.63, 3.8) is 0 Å². The molecular formula is C21H16ClFN2O4. The Morgan fingerprint density at radius 3 is 2.90 bits per heavy atom. The van der Waals surface area contributed by atoms with E-state index in [1.165, 1.54) is 23.1 Å². The van der Waals surface area contributed by atoms with Crippen LogP contribution >= 0.6 is 11.6 Å². The van der Waals surface area contributed by atoms with Crippen LogP contribution in [0.5, 0.6) is 11.5 Å². The number of fused-ring (bicyclic) bond motifs is 1. The van der Waals surface area contributed by atoms with E-state index in [4.69, 9.17) is 26.3 Å². The van der Waals surface area contributed by atoms with Gasteiger partial charge in [0.2, 0.25) is 0 Å². The smallest absolute Gasteiger partial charge is 0.256 e. The summed E-state index contributed by atoms with van der Waals surface area (Å²) in [6.45, 7) is 1.09. The van der Waals surface area contributed by atoms with Gasteiger partial charge in [-0.25, -0.2) is 4.39 Å². The Morgan fingerprint density at radius 2 is 2.14 bits per heavy atom. The van der Waals surface area contributed by atoms with Crippen molar-refractivity contribution in [2.24, 2.45) is 5.92 Å². The molecule has 0 aromatic heterocycles. The number of carbonyl (C=O) groups excluding carboxylic acids is 2. The third-order valence-corrected chi connectivity index (χ3v) is 5.17. The number of likely N-dealkylation sites (tertiary alicyclic amines) is 1. The Bertz CT molecular complexity index is 1040. The van der Waals surface area contributed by atoms with Crippen LogP contribution < -0.4 is 9.47 Å². The molecule has 1 saturated heterocycles. The topological polar surface area (TPSA) is 79.6 Å². The Kier molecular flexibility index (Phi) is 5.12. The molecule has 0 aliphatic carbocycles. The highest BCUT2D eigenvalue weighted by molar-refractivity contribution is 6.30. The second-order valence-electron chi connectivity index (χ2n) is 7.08. The molecule has 0 bridgehead atoms. The number of benzene rings is 2. The number of ketones is 1. The summed E-state index contributed by atoms with van der Waals surface area (Å²) in [7, 11) is 0. The van der Waals surface area contributed by atoms with Crippen LogP contribution in [-0.4, -0.2) is 42.9 Å². The molecule has 2 aliphatic heterocycles. The monoisotopic (exact) mass is 414 g/mol. The SMILES string of the molecule is N#Cc1cc(Cl)ccc1OCC1CN(C(=O)c2cc3c(cc2F)OCC(=O)C3)C1. The molecule has 1 fully saturated rings. The zero-order valence-electron chi connectivity index (χ0n) is 15.3. The zero-order chi connectivity index (χ0) is 20.5. The lowest BCUT2D eigenvalue weighted by atomic mass is 9.97. The lowest BCUT2D eigenvalue weighted by Crippen LogP contribution is -2.52. The largest absolute Gasteiger partial charge is 0.492 e. The number of amides is 1. The molecule has 2 aromatic carbocycles. The van der Waals surface area contributed by atoms with Gasteiger partial charge in [-0.15, -0.1) is 0 Å². The van der Waals surface area contributed by atoms with Crippen LogP contribution in [0, 0.1) is 23.1 Å². The van der Waals surface area contributed by atoms with E-state index in [2.05, 4.69) is 0 Å². The molecule has 0 unspecified atom stereocenters. The van der Waals surface area contributed by atoms with Gasteiger partial charge < -0.3 is 14.4 Å². The average Bonchev–Trinajstić information content (AvgIpc) is 2.67. The van der Waals surface area contributed by atoms with Crippen molar-refractivity contribution >= 4 is 23.3 Å². The first-order chi connectivity index (χ1) is 13.9. The predicted molar refractivity (Wildman–Crippen MR) is 102 cm³/mol. The molecule has 0 atom stereocenters. The van der Waals surface area contributed by atoms with E-state index in [1.54, 1.807) is 12.1 Å². The van der Waals surface area contributed by atoms with Crippen LogP contribution in [-0.2, 0) is 11.2 Å². The first kappa shape index (κ1) is 19.2. The maximum atomic E-state index is 14.3. The summed E-state index contributed by atoms with van der Waals surface area (Å²) in [5, 5.41) is 9.59. The summed E-state index contributed by atoms with van der Waals surface area (Å²) in [5.41, 5.74) is 0.807. The van der Waals surface area contributed by atoms with E-state index in [0.29, 0.717) is 47.3 Å². The van der Waals surface area contributed by atoms with E-state index in [9.17, 15) is 14.0 Å². The molecule has 0 radical (unpaired) electrons. The molecule has 29 heavy (non-hydrogen) atoms. The number of hydrogen-bond donors (Lipinski definition) is 0. The van der Waals surface area contributed by atoms with Gasteiger partial charge in [-0.1, -0.05) is 11.6 Å². The molecule has 0 N–H and O–H groups in total. The molecule has 8 heteroatoms. The number of ether oxygens (including phenoxy) is 2. The highest BCUT2D eigenvalue weighted by atomic mass is 35.5. The van der Waals surface area contributed by atoms with Gasteiger partial charge >= 0.3 is 0 Å². The van der Waals surface area contributed by atoms with Crippen molar-refractivity contribution in [3.05, 3.63) is 57.9 Å². The third-order valence-electron chi connectivity index (χ3n) is 4.94. The maximum absolute atomic E-state index is 14.3. The van der Waals surface area contributed by atoms with E-state index < -0.39 is 11.7 Å². The quantitative estimate of drug-likeness (QED) is 0.768. The van der Waals surface area contributed by atoms with Gasteiger partial charge in [0.25, 0.3) is 5.91 Å². The van der Waals surface area contributed by atoms with Gasteiger partial charge in [-0.2, -0.15) is 5.26 Å². The van der Waals surface area contributed by atoms with Crippen LogP contribution in [0.2, 0.25) is 5.02 Å². The Balaban J connectivity index is 1.37. The number of nitriles is 1. The molecule has 4 rings (SSSR count). The van der Waals surface area contributed by atoms with Crippen molar-refractivity contribution in [3.8, 4) is 17.6 Å². The molecule has 2 aliphatic rings. The molecule has 148 valence electrons. The van der Waals surface area contributed by atoms with Crippen LogP contribution in [0.15, 0.2) is 30.3 Å². The third kappa shape index (κ3) is 3.89. The minimum Gasteiger partial charge on any atom is -0.492 e. The Hall–Kier alpha value is -3.11. The fourth-order valence-corrected chi connectivity index (χ4v) is 3.56. The second kappa shape index (κ2) is 7.72. The van der Waals surface area contributed by atoms with Crippen molar-refractivity contribution < 1.29 is 23.5 Å². The molecule has 0 saturated carbocycles. The van der Waals surface area contributed by atoms with E-state index in [1.807, 2.05) is 6.07 Å². The van der Waals surface area contributed by atoms with E-state index >= 15 is 0 Å². The van der Waals surface area contributed by atoms with Crippen molar-refractivity contribution in [2.45, 2.75) is 6.42 Å². The average molecular weight is 415 g/mol. The van der Waals surface area contributed by atoms with Gasteiger partial charge in [-0.05, 0) is 24.3 Å². The van der Waals surface area contributed by atoms with E-state index in [-0.39, 0.29) is 30.3 Å². The summed E-state index contributed by atoms with van der Waals surface area (Å²) < 4.78 is 25.2. The standard InChI is InChI=1S/C21H16ClFN2O4/c22-15-1-2-19(14(3-15)7-24)28-10-12-8-25(9-12)21(27)17-5-13-4-16(26)11-29-20(13)6-18(17)23/h1-3,5-6,12H,4,8-11H2. The fraction of sp³-hybridized carbons (Fsp3) is 0.286. The van der Waals surface area contributed by atoms with Crippen molar-refractivity contribution in [2.75, 3.05) is 26.3 Å². The van der Waals surface area contributed by atoms with Crippen LogP contribution in [0.4, 0.5) is 4.39 Å². The van der Waals surface area contributed by atoms with Crippen LogP contribution in [0.25, 0.3) is 0 Å². The van der Waals surface area contributed by atoms with Gasteiger partial charge in [0.1, 0.15) is 30.0 Å².